The Morgan fingerprint density at radius 3 is 2.47 bits per heavy atom. The number of aromatic nitrogens is 1. The molecule has 94 valence electrons. The highest BCUT2D eigenvalue weighted by atomic mass is 16.4. The Hall–Kier alpha value is -2.55. The Labute approximate surface area is 110 Å². The fourth-order valence-electron chi connectivity index (χ4n) is 2.39. The summed E-state index contributed by atoms with van der Waals surface area (Å²) >= 11 is 0. The molecule has 0 unspecified atom stereocenters. The van der Waals surface area contributed by atoms with Gasteiger partial charge in [0.25, 0.3) is 0 Å². The molecule has 1 aromatic heterocycles. The molecule has 0 amide bonds. The van der Waals surface area contributed by atoms with Gasteiger partial charge in [0.1, 0.15) is 0 Å². The second-order valence-electron chi connectivity index (χ2n) is 4.54. The standard InChI is InChI=1S/C16H13NO2/c1-11-9-12-7-8-13(16(18)19)10-15(12)17(11)14-5-3-2-4-6-14/h2-10H,1H3,(H,18,19). The lowest BCUT2D eigenvalue weighted by atomic mass is 10.1. The number of benzene rings is 2. The number of hydrogen-bond donors (Lipinski definition) is 1. The molecular formula is C16H13NO2. The highest BCUT2D eigenvalue weighted by Crippen LogP contribution is 2.25. The lowest BCUT2D eigenvalue weighted by Gasteiger charge is -2.08. The Morgan fingerprint density at radius 2 is 1.79 bits per heavy atom. The molecule has 0 bridgehead atoms. The number of carbonyl (C=O) groups is 1. The zero-order valence-corrected chi connectivity index (χ0v) is 10.5. The Balaban J connectivity index is 2.31. The van der Waals surface area contributed by atoms with Gasteiger partial charge < -0.3 is 9.67 Å². The molecule has 1 N–H and O–H groups in total. The number of aromatic carboxylic acids is 1. The van der Waals surface area contributed by atoms with Gasteiger partial charge >= 0.3 is 5.97 Å². The monoisotopic (exact) mass is 251 g/mol. The number of carboxylic acid groups (broad SMARTS) is 1. The normalized spacial score (nSPS) is 10.8. The SMILES string of the molecule is Cc1cc2ccc(C(=O)O)cc2n1-c1ccccc1. The minimum Gasteiger partial charge on any atom is -0.478 e. The Bertz CT molecular complexity index is 757. The van der Waals surface area contributed by atoms with Gasteiger partial charge in [0.2, 0.25) is 0 Å². The summed E-state index contributed by atoms with van der Waals surface area (Å²) in [5, 5.41) is 10.2. The maximum Gasteiger partial charge on any atom is 0.335 e. The molecule has 3 heteroatoms. The third-order valence-electron chi connectivity index (χ3n) is 3.25. The van der Waals surface area contributed by atoms with Crippen LogP contribution in [0.5, 0.6) is 0 Å². The Kier molecular flexibility index (Phi) is 2.60. The van der Waals surface area contributed by atoms with Crippen molar-refractivity contribution in [2.75, 3.05) is 0 Å². The van der Waals surface area contributed by atoms with Crippen LogP contribution in [-0.2, 0) is 0 Å². The summed E-state index contributed by atoms with van der Waals surface area (Å²) in [4.78, 5) is 11.1. The number of rotatable bonds is 2. The summed E-state index contributed by atoms with van der Waals surface area (Å²) in [7, 11) is 0. The van der Waals surface area contributed by atoms with E-state index < -0.39 is 5.97 Å². The predicted molar refractivity (Wildman–Crippen MR) is 75.0 cm³/mol. The van der Waals surface area contributed by atoms with E-state index in [0.717, 1.165) is 22.3 Å². The number of fused-ring (bicyclic) bond motifs is 1. The molecule has 3 rings (SSSR count). The van der Waals surface area contributed by atoms with E-state index in [-0.39, 0.29) is 0 Å². The van der Waals surface area contributed by atoms with Gasteiger partial charge in [-0.3, -0.25) is 0 Å². The summed E-state index contributed by atoms with van der Waals surface area (Å²) in [6.45, 7) is 2.02. The average molecular weight is 251 g/mol. The van der Waals surface area contributed by atoms with E-state index >= 15 is 0 Å². The van der Waals surface area contributed by atoms with Gasteiger partial charge in [0.05, 0.1) is 11.1 Å². The number of nitrogens with zero attached hydrogens (tertiary/aromatic N) is 1. The first kappa shape index (κ1) is 11.5. The van der Waals surface area contributed by atoms with Gasteiger partial charge in [-0.05, 0) is 37.3 Å². The molecular weight excluding hydrogens is 238 g/mol. The second-order valence-corrected chi connectivity index (χ2v) is 4.54. The van der Waals surface area contributed by atoms with Crippen molar-refractivity contribution >= 4 is 16.9 Å². The summed E-state index contributed by atoms with van der Waals surface area (Å²) in [5.41, 5.74) is 3.35. The molecule has 3 aromatic rings. The minimum absolute atomic E-state index is 0.308. The predicted octanol–water partition coefficient (Wildman–Crippen LogP) is 3.64. The van der Waals surface area contributed by atoms with Crippen LogP contribution in [0.4, 0.5) is 0 Å². The lowest BCUT2D eigenvalue weighted by molar-refractivity contribution is 0.0697. The van der Waals surface area contributed by atoms with Crippen LogP contribution in [0.2, 0.25) is 0 Å². The molecule has 0 radical (unpaired) electrons. The molecule has 0 saturated heterocycles. The molecule has 0 spiro atoms. The number of para-hydroxylation sites is 1. The van der Waals surface area contributed by atoms with Crippen LogP contribution >= 0.6 is 0 Å². The van der Waals surface area contributed by atoms with Crippen LogP contribution in [0.15, 0.2) is 54.6 Å². The van der Waals surface area contributed by atoms with Crippen molar-refractivity contribution in [3.63, 3.8) is 0 Å². The molecule has 0 atom stereocenters. The van der Waals surface area contributed by atoms with Gasteiger partial charge in [0.15, 0.2) is 0 Å². The number of carboxylic acids is 1. The van der Waals surface area contributed by atoms with Crippen LogP contribution < -0.4 is 0 Å². The van der Waals surface area contributed by atoms with Crippen molar-refractivity contribution in [1.82, 2.24) is 4.57 Å². The van der Waals surface area contributed by atoms with Crippen LogP contribution in [-0.4, -0.2) is 15.6 Å². The molecule has 0 aliphatic carbocycles. The lowest BCUT2D eigenvalue weighted by Crippen LogP contribution is -1.99. The third kappa shape index (κ3) is 1.89. The zero-order chi connectivity index (χ0) is 13.4. The van der Waals surface area contributed by atoms with E-state index in [1.807, 2.05) is 43.3 Å². The van der Waals surface area contributed by atoms with Gasteiger partial charge in [-0.15, -0.1) is 0 Å². The van der Waals surface area contributed by atoms with E-state index in [4.69, 9.17) is 5.11 Å². The van der Waals surface area contributed by atoms with E-state index in [1.54, 1.807) is 12.1 Å². The van der Waals surface area contributed by atoms with Crippen LogP contribution in [0.25, 0.3) is 16.6 Å². The highest BCUT2D eigenvalue weighted by molar-refractivity contribution is 5.94. The molecule has 0 saturated carbocycles. The minimum atomic E-state index is -0.902. The zero-order valence-electron chi connectivity index (χ0n) is 10.5. The van der Waals surface area contributed by atoms with Crippen molar-refractivity contribution in [3.05, 3.63) is 65.9 Å². The third-order valence-corrected chi connectivity index (χ3v) is 3.25. The van der Waals surface area contributed by atoms with E-state index in [1.165, 1.54) is 0 Å². The first-order valence-corrected chi connectivity index (χ1v) is 6.07. The quantitative estimate of drug-likeness (QED) is 0.755. The van der Waals surface area contributed by atoms with Crippen molar-refractivity contribution in [2.45, 2.75) is 6.92 Å². The topological polar surface area (TPSA) is 42.2 Å². The summed E-state index contributed by atoms with van der Waals surface area (Å²) in [5.74, 6) is -0.902. The van der Waals surface area contributed by atoms with Gasteiger partial charge in [-0.25, -0.2) is 4.79 Å². The van der Waals surface area contributed by atoms with Gasteiger partial charge in [0, 0.05) is 16.8 Å². The largest absolute Gasteiger partial charge is 0.478 e. The summed E-state index contributed by atoms with van der Waals surface area (Å²) in [6, 6.07) is 17.2. The molecule has 0 fully saturated rings. The highest BCUT2D eigenvalue weighted by Gasteiger charge is 2.10. The van der Waals surface area contributed by atoms with Crippen molar-refractivity contribution in [2.24, 2.45) is 0 Å². The fraction of sp³-hybridized carbons (Fsp3) is 0.0625. The summed E-state index contributed by atoms with van der Waals surface area (Å²) in [6.07, 6.45) is 0. The van der Waals surface area contributed by atoms with Crippen LogP contribution in [0.3, 0.4) is 0 Å². The molecule has 19 heavy (non-hydrogen) atoms. The van der Waals surface area contributed by atoms with Crippen molar-refractivity contribution in [1.29, 1.82) is 0 Å². The molecule has 3 nitrogen and oxygen atoms in total. The second kappa shape index (κ2) is 4.28. The number of hydrogen-bond acceptors (Lipinski definition) is 1. The summed E-state index contributed by atoms with van der Waals surface area (Å²) < 4.78 is 2.07. The molecule has 0 aliphatic rings. The fourth-order valence-corrected chi connectivity index (χ4v) is 2.39. The van der Waals surface area contributed by atoms with Crippen molar-refractivity contribution in [3.8, 4) is 5.69 Å². The van der Waals surface area contributed by atoms with E-state index in [2.05, 4.69) is 10.6 Å². The Morgan fingerprint density at radius 1 is 1.05 bits per heavy atom. The number of aryl methyl sites for hydroxylation is 1. The smallest absolute Gasteiger partial charge is 0.335 e. The van der Waals surface area contributed by atoms with Gasteiger partial charge in [-0.2, -0.15) is 0 Å². The first-order chi connectivity index (χ1) is 9.16. The van der Waals surface area contributed by atoms with Gasteiger partial charge in [-0.1, -0.05) is 24.3 Å². The molecule has 0 aliphatic heterocycles. The maximum absolute atomic E-state index is 11.1. The van der Waals surface area contributed by atoms with E-state index in [0.29, 0.717) is 5.56 Å². The average Bonchev–Trinajstić information content (AvgIpc) is 2.74. The van der Waals surface area contributed by atoms with Crippen LogP contribution in [0.1, 0.15) is 16.1 Å². The van der Waals surface area contributed by atoms with Crippen LogP contribution in [0, 0.1) is 6.92 Å². The maximum atomic E-state index is 11.1. The first-order valence-electron chi connectivity index (χ1n) is 6.07. The van der Waals surface area contributed by atoms with E-state index in [9.17, 15) is 4.79 Å². The van der Waals surface area contributed by atoms with Crippen molar-refractivity contribution < 1.29 is 9.90 Å². The molecule has 1 heterocycles. The molecule has 2 aromatic carbocycles.